The van der Waals surface area contributed by atoms with Crippen LogP contribution in [-0.4, -0.2) is 56.0 Å². The number of hydrogen-bond acceptors (Lipinski definition) is 8. The van der Waals surface area contributed by atoms with E-state index in [1.807, 2.05) is 27.8 Å². The number of likely N-dealkylation sites (tertiary alicyclic amines) is 1. The maximum Gasteiger partial charge on any atom is 0.282 e. The van der Waals surface area contributed by atoms with Crippen LogP contribution in [0.1, 0.15) is 37.6 Å². The molecule has 3 N–H and O–H groups in total. The Hall–Kier alpha value is -4.87. The van der Waals surface area contributed by atoms with Crippen LogP contribution in [-0.2, 0) is 12.0 Å². The third kappa shape index (κ3) is 5.84. The van der Waals surface area contributed by atoms with Crippen molar-refractivity contribution in [2.45, 2.75) is 45.8 Å². The molecular weight excluding hydrogens is 575 g/mol. The number of aromatic nitrogens is 4. The highest BCUT2D eigenvalue weighted by Gasteiger charge is 2.25. The van der Waals surface area contributed by atoms with E-state index in [0.29, 0.717) is 45.0 Å². The number of halogens is 1. The highest BCUT2D eigenvalue weighted by Crippen LogP contribution is 2.32. The quantitative estimate of drug-likeness (QED) is 0.240. The molecule has 45 heavy (non-hydrogen) atoms. The second kappa shape index (κ2) is 11.6. The Bertz CT molecular complexity index is 2030. The summed E-state index contributed by atoms with van der Waals surface area (Å²) in [5.41, 5.74) is 2.13. The van der Waals surface area contributed by atoms with Crippen LogP contribution in [0.5, 0.6) is 5.75 Å². The van der Waals surface area contributed by atoms with Gasteiger partial charge < -0.3 is 20.1 Å². The fourth-order valence-corrected chi connectivity index (χ4v) is 5.60. The van der Waals surface area contributed by atoms with E-state index in [2.05, 4.69) is 25.3 Å². The smallest absolute Gasteiger partial charge is 0.282 e. The van der Waals surface area contributed by atoms with Crippen LogP contribution in [0.3, 0.4) is 0 Å². The number of H-pyrrole nitrogens is 1. The minimum Gasteiger partial charge on any atom is -0.486 e. The van der Waals surface area contributed by atoms with Crippen molar-refractivity contribution in [3.05, 3.63) is 104 Å². The minimum atomic E-state index is -0.638. The van der Waals surface area contributed by atoms with E-state index in [9.17, 15) is 14.7 Å². The third-order valence-corrected chi connectivity index (χ3v) is 8.10. The van der Waals surface area contributed by atoms with Gasteiger partial charge in [-0.2, -0.15) is 9.78 Å². The highest BCUT2D eigenvalue weighted by atomic mass is 19.1. The Balaban J connectivity index is 1.37. The summed E-state index contributed by atoms with van der Waals surface area (Å²) in [6.45, 7) is 8.94. The summed E-state index contributed by atoms with van der Waals surface area (Å²) in [4.78, 5) is 36.0. The largest absolute Gasteiger partial charge is 0.486 e. The van der Waals surface area contributed by atoms with Crippen molar-refractivity contribution in [1.82, 2.24) is 24.6 Å². The van der Waals surface area contributed by atoms with E-state index in [0.717, 1.165) is 23.3 Å². The molecule has 4 heterocycles. The first kappa shape index (κ1) is 30.2. The van der Waals surface area contributed by atoms with E-state index in [4.69, 9.17) is 4.74 Å². The van der Waals surface area contributed by atoms with E-state index in [1.165, 1.54) is 12.3 Å². The first-order valence-electron chi connectivity index (χ1n) is 14.7. The summed E-state index contributed by atoms with van der Waals surface area (Å²) in [7, 11) is 2.03. The zero-order chi connectivity index (χ0) is 32.0. The standard InChI is InChI=1S/C34H35FN6O4/c1-19-25(13-28(32(43)38-19)39-30-10-9-22(15-36-30)45-23-16-40(5)17-23)24-7-6-8-29(26(24)18-42)41-33(44)31-20(14-37-41)11-21(12-27(31)35)34(2,3)4/h6-15,23,42H,16-18H2,1-5H3,(H,36,39)(H,38,43). The number of rotatable bonds is 7. The number of aromatic amines is 1. The van der Waals surface area contributed by atoms with Crippen molar-refractivity contribution in [2.24, 2.45) is 0 Å². The number of fused-ring (bicyclic) bond motifs is 1. The number of pyridine rings is 2. The molecule has 1 saturated heterocycles. The third-order valence-electron chi connectivity index (χ3n) is 8.10. The molecule has 2 aromatic carbocycles. The Kier molecular flexibility index (Phi) is 7.75. The van der Waals surface area contributed by atoms with Gasteiger partial charge in [-0.05, 0) is 66.9 Å². The molecule has 0 atom stereocenters. The normalized spacial score (nSPS) is 14.0. The Morgan fingerprint density at radius 2 is 1.87 bits per heavy atom. The SMILES string of the molecule is Cc1[nH]c(=O)c(Nc2ccc(OC3CN(C)C3)cn2)cc1-c1cccc(-n2ncc3cc(C(C)(C)C)cc(F)c3c2=O)c1CO. The van der Waals surface area contributed by atoms with Gasteiger partial charge >= 0.3 is 0 Å². The van der Waals surface area contributed by atoms with E-state index in [1.54, 1.807) is 55.6 Å². The number of nitrogens with one attached hydrogen (secondary N) is 2. The number of nitrogens with zero attached hydrogens (tertiary/aromatic N) is 4. The van der Waals surface area contributed by atoms with Crippen molar-refractivity contribution >= 4 is 22.3 Å². The fraction of sp³-hybridized carbons (Fsp3) is 0.294. The summed E-state index contributed by atoms with van der Waals surface area (Å²) >= 11 is 0. The second-order valence-electron chi connectivity index (χ2n) is 12.5. The molecule has 0 saturated carbocycles. The van der Waals surface area contributed by atoms with Gasteiger partial charge in [0, 0.05) is 35.3 Å². The van der Waals surface area contributed by atoms with Crippen molar-refractivity contribution < 1.29 is 14.2 Å². The number of benzene rings is 2. The van der Waals surface area contributed by atoms with Crippen LogP contribution in [0.2, 0.25) is 0 Å². The van der Waals surface area contributed by atoms with Crippen molar-refractivity contribution in [3.63, 3.8) is 0 Å². The monoisotopic (exact) mass is 610 g/mol. The molecular formula is C34H35FN6O4. The van der Waals surface area contributed by atoms with Gasteiger partial charge in [-0.3, -0.25) is 14.5 Å². The summed E-state index contributed by atoms with van der Waals surface area (Å²) < 4.78 is 22.3. The van der Waals surface area contributed by atoms with Gasteiger partial charge in [0.1, 0.15) is 29.2 Å². The van der Waals surface area contributed by atoms with Crippen LogP contribution < -0.4 is 21.2 Å². The first-order chi connectivity index (χ1) is 21.4. The van der Waals surface area contributed by atoms with Crippen molar-refractivity contribution in [3.8, 4) is 22.6 Å². The molecule has 1 fully saturated rings. The number of likely N-dealkylation sites (N-methyl/N-ethyl adjacent to an activating group) is 1. The number of aliphatic hydroxyl groups excluding tert-OH is 1. The minimum absolute atomic E-state index is 0.0806. The van der Waals surface area contributed by atoms with Gasteiger partial charge in [-0.15, -0.1) is 0 Å². The van der Waals surface area contributed by atoms with Crippen LogP contribution in [0.15, 0.2) is 70.5 Å². The number of aryl methyl sites for hydroxylation is 1. The molecule has 232 valence electrons. The van der Waals surface area contributed by atoms with Gasteiger partial charge in [0.15, 0.2) is 0 Å². The molecule has 1 aliphatic heterocycles. The van der Waals surface area contributed by atoms with Crippen LogP contribution >= 0.6 is 0 Å². The lowest BCUT2D eigenvalue weighted by molar-refractivity contribution is 0.0386. The molecule has 0 radical (unpaired) electrons. The van der Waals surface area contributed by atoms with E-state index < -0.39 is 18.0 Å². The molecule has 0 amide bonds. The lowest BCUT2D eigenvalue weighted by atomic mass is 9.86. The predicted molar refractivity (Wildman–Crippen MR) is 172 cm³/mol. The molecule has 11 heteroatoms. The lowest BCUT2D eigenvalue weighted by Gasteiger charge is -2.35. The van der Waals surface area contributed by atoms with Gasteiger partial charge in [-0.1, -0.05) is 32.9 Å². The molecule has 3 aromatic heterocycles. The second-order valence-corrected chi connectivity index (χ2v) is 12.5. The van der Waals surface area contributed by atoms with Gasteiger partial charge in [-0.25, -0.2) is 9.37 Å². The van der Waals surface area contributed by atoms with Crippen molar-refractivity contribution in [1.29, 1.82) is 0 Å². The zero-order valence-electron chi connectivity index (χ0n) is 25.8. The van der Waals surface area contributed by atoms with Crippen LogP contribution in [0.25, 0.3) is 27.6 Å². The Morgan fingerprint density at radius 3 is 2.53 bits per heavy atom. The molecule has 5 aromatic rings. The molecule has 0 bridgehead atoms. The average Bonchev–Trinajstić information content (AvgIpc) is 2.98. The Labute approximate surface area is 259 Å². The van der Waals surface area contributed by atoms with E-state index >= 15 is 4.39 Å². The number of aliphatic hydroxyl groups is 1. The topological polar surface area (TPSA) is 125 Å². The lowest BCUT2D eigenvalue weighted by Crippen LogP contribution is -2.51. The predicted octanol–water partition coefficient (Wildman–Crippen LogP) is 4.81. The first-order valence-corrected chi connectivity index (χ1v) is 14.7. The van der Waals surface area contributed by atoms with Gasteiger partial charge in [0.25, 0.3) is 11.1 Å². The molecule has 1 aliphatic rings. The van der Waals surface area contributed by atoms with Gasteiger partial charge in [0.2, 0.25) is 0 Å². The van der Waals surface area contributed by atoms with Crippen LogP contribution in [0.4, 0.5) is 15.9 Å². The van der Waals surface area contributed by atoms with Gasteiger partial charge in [0.05, 0.1) is 30.1 Å². The fourth-order valence-electron chi connectivity index (χ4n) is 5.60. The number of ether oxygens (including phenoxy) is 1. The maximum absolute atomic E-state index is 15.3. The molecule has 10 nitrogen and oxygen atoms in total. The molecule has 0 spiro atoms. The van der Waals surface area contributed by atoms with Crippen molar-refractivity contribution in [2.75, 3.05) is 25.5 Å². The summed E-state index contributed by atoms with van der Waals surface area (Å²) in [5.74, 6) is 0.470. The molecule has 6 rings (SSSR count). The number of hydrogen-bond donors (Lipinski definition) is 3. The zero-order valence-corrected chi connectivity index (χ0v) is 25.8. The summed E-state index contributed by atoms with van der Waals surface area (Å²) in [6.07, 6.45) is 3.21. The average molecular weight is 611 g/mol. The number of anilines is 2. The molecule has 0 aliphatic carbocycles. The maximum atomic E-state index is 15.3. The molecule has 0 unspecified atom stereocenters. The summed E-state index contributed by atoms with van der Waals surface area (Å²) in [5, 5.41) is 18.3. The highest BCUT2D eigenvalue weighted by molar-refractivity contribution is 5.83. The van der Waals surface area contributed by atoms with E-state index in [-0.39, 0.29) is 28.2 Å². The Morgan fingerprint density at radius 1 is 1.09 bits per heavy atom. The summed E-state index contributed by atoms with van der Waals surface area (Å²) in [6, 6.07) is 13.5. The van der Waals surface area contributed by atoms with Crippen LogP contribution in [0, 0.1) is 12.7 Å².